The Hall–Kier alpha value is -1.65. The van der Waals surface area contributed by atoms with E-state index in [9.17, 15) is 9.18 Å². The zero-order valence-electron chi connectivity index (χ0n) is 11.6. The highest BCUT2D eigenvalue weighted by atomic mass is 19.1. The third-order valence-electron chi connectivity index (χ3n) is 3.48. The number of nitrogens with one attached hydrogen (secondary N) is 1. The normalized spacial score (nSPS) is 23.3. The van der Waals surface area contributed by atoms with Crippen molar-refractivity contribution in [2.75, 3.05) is 25.5 Å². The van der Waals surface area contributed by atoms with Crippen LogP contribution in [-0.4, -0.2) is 35.9 Å². The number of carbonyl (C=O) groups excluding carboxylic acids is 1. The van der Waals surface area contributed by atoms with Crippen molar-refractivity contribution in [3.8, 4) is 0 Å². The molecule has 1 aromatic heterocycles. The van der Waals surface area contributed by atoms with E-state index in [1.807, 2.05) is 0 Å². The van der Waals surface area contributed by atoms with Gasteiger partial charge >= 0.3 is 0 Å². The molecule has 104 valence electrons. The maximum atomic E-state index is 13.3. The van der Waals surface area contributed by atoms with E-state index in [4.69, 9.17) is 0 Å². The fourth-order valence-corrected chi connectivity index (χ4v) is 2.80. The molecule has 1 aromatic rings. The highest BCUT2D eigenvalue weighted by Crippen LogP contribution is 2.24. The second kappa shape index (κ2) is 5.55. The Labute approximate surface area is 113 Å². The molecule has 0 spiro atoms. The van der Waals surface area contributed by atoms with Crippen molar-refractivity contribution in [1.29, 1.82) is 0 Å². The highest BCUT2D eigenvalue weighted by molar-refractivity contribution is 5.98. The number of hydrogen-bond donors (Lipinski definition) is 1. The van der Waals surface area contributed by atoms with E-state index in [1.54, 1.807) is 11.9 Å². The van der Waals surface area contributed by atoms with E-state index in [0.29, 0.717) is 23.2 Å². The second-order valence-corrected chi connectivity index (χ2v) is 5.46. The van der Waals surface area contributed by atoms with Gasteiger partial charge in [0.25, 0.3) is 5.91 Å². The first-order chi connectivity index (χ1) is 9.01. The number of rotatable bonds is 2. The lowest BCUT2D eigenvalue weighted by Crippen LogP contribution is -2.42. The average Bonchev–Trinajstić information content (AvgIpc) is 2.36. The van der Waals surface area contributed by atoms with Crippen molar-refractivity contribution in [2.24, 2.45) is 11.8 Å². The lowest BCUT2D eigenvalue weighted by atomic mass is 9.91. The van der Waals surface area contributed by atoms with Crippen molar-refractivity contribution in [2.45, 2.75) is 20.3 Å². The Kier molecular flexibility index (Phi) is 4.02. The van der Waals surface area contributed by atoms with Gasteiger partial charge in [-0.05, 0) is 24.3 Å². The monoisotopic (exact) mass is 265 g/mol. The van der Waals surface area contributed by atoms with Crippen LogP contribution in [0.1, 0.15) is 30.6 Å². The molecule has 4 nitrogen and oxygen atoms in total. The molecule has 2 heterocycles. The summed E-state index contributed by atoms with van der Waals surface area (Å²) in [4.78, 5) is 18.2. The number of carbonyl (C=O) groups is 1. The first kappa shape index (κ1) is 13.8. The number of hydrogen-bond acceptors (Lipinski definition) is 3. The number of halogens is 1. The molecular formula is C14H20FN3O. The predicted octanol–water partition coefficient (Wildman–Crippen LogP) is 2.38. The van der Waals surface area contributed by atoms with Crippen LogP contribution in [0.25, 0.3) is 0 Å². The van der Waals surface area contributed by atoms with Gasteiger partial charge in [-0.2, -0.15) is 0 Å². The molecule has 2 rings (SSSR count). The van der Waals surface area contributed by atoms with Gasteiger partial charge in [-0.1, -0.05) is 13.8 Å². The topological polar surface area (TPSA) is 45.2 Å². The van der Waals surface area contributed by atoms with Gasteiger partial charge in [0.2, 0.25) is 0 Å². The molecule has 2 atom stereocenters. The summed E-state index contributed by atoms with van der Waals surface area (Å²) in [6, 6.07) is 1.26. The third-order valence-corrected chi connectivity index (χ3v) is 3.48. The molecule has 0 radical (unpaired) electrons. The molecule has 1 aliphatic heterocycles. The average molecular weight is 265 g/mol. The SMILES string of the molecule is CNc1ncc(F)cc1C(=O)N1CC(C)CC(C)C1. The second-order valence-electron chi connectivity index (χ2n) is 5.46. The summed E-state index contributed by atoms with van der Waals surface area (Å²) in [7, 11) is 1.68. The van der Waals surface area contributed by atoms with Crippen molar-refractivity contribution in [1.82, 2.24) is 9.88 Å². The Balaban J connectivity index is 2.26. The molecule has 1 amide bonds. The zero-order valence-corrected chi connectivity index (χ0v) is 11.6. The van der Waals surface area contributed by atoms with Crippen molar-refractivity contribution >= 4 is 11.7 Å². The molecular weight excluding hydrogens is 245 g/mol. The molecule has 0 aliphatic carbocycles. The molecule has 5 heteroatoms. The smallest absolute Gasteiger partial charge is 0.257 e. The fourth-order valence-electron chi connectivity index (χ4n) is 2.80. The summed E-state index contributed by atoms with van der Waals surface area (Å²) < 4.78 is 13.3. The first-order valence-electron chi connectivity index (χ1n) is 6.63. The highest BCUT2D eigenvalue weighted by Gasteiger charge is 2.27. The van der Waals surface area contributed by atoms with Gasteiger partial charge in [0, 0.05) is 20.1 Å². The fraction of sp³-hybridized carbons (Fsp3) is 0.571. The van der Waals surface area contributed by atoms with Gasteiger partial charge in [0.05, 0.1) is 11.8 Å². The predicted molar refractivity (Wildman–Crippen MR) is 72.6 cm³/mol. The van der Waals surface area contributed by atoms with Crippen molar-refractivity contribution in [3.63, 3.8) is 0 Å². The van der Waals surface area contributed by atoms with Crippen LogP contribution >= 0.6 is 0 Å². The standard InChI is InChI=1S/C14H20FN3O/c1-9-4-10(2)8-18(7-9)14(19)12-5-11(15)6-17-13(12)16-3/h5-6,9-10H,4,7-8H2,1-3H3,(H,16,17). The minimum absolute atomic E-state index is 0.144. The minimum atomic E-state index is -0.486. The lowest BCUT2D eigenvalue weighted by molar-refractivity contribution is 0.0623. The molecule has 19 heavy (non-hydrogen) atoms. The number of aromatic nitrogens is 1. The van der Waals surface area contributed by atoms with Crippen LogP contribution in [0.2, 0.25) is 0 Å². The first-order valence-corrected chi connectivity index (χ1v) is 6.63. The van der Waals surface area contributed by atoms with Crippen LogP contribution in [0.15, 0.2) is 12.3 Å². The van der Waals surface area contributed by atoms with Gasteiger partial charge in [-0.3, -0.25) is 4.79 Å². The van der Waals surface area contributed by atoms with E-state index in [-0.39, 0.29) is 5.91 Å². The largest absolute Gasteiger partial charge is 0.372 e. The molecule has 1 fully saturated rings. The third kappa shape index (κ3) is 3.03. The van der Waals surface area contributed by atoms with E-state index >= 15 is 0 Å². The maximum absolute atomic E-state index is 13.3. The Morgan fingerprint density at radius 2 is 2.05 bits per heavy atom. The van der Waals surface area contributed by atoms with Crippen LogP contribution < -0.4 is 5.32 Å². The quantitative estimate of drug-likeness (QED) is 0.893. The molecule has 0 saturated carbocycles. The number of pyridine rings is 1. The van der Waals surface area contributed by atoms with Gasteiger partial charge in [-0.25, -0.2) is 9.37 Å². The molecule has 1 saturated heterocycles. The van der Waals surface area contributed by atoms with E-state index < -0.39 is 5.82 Å². The zero-order chi connectivity index (χ0) is 14.0. The van der Waals surface area contributed by atoms with E-state index in [0.717, 1.165) is 25.7 Å². The number of nitrogens with zero attached hydrogens (tertiary/aromatic N) is 2. The minimum Gasteiger partial charge on any atom is -0.372 e. The molecule has 1 N–H and O–H groups in total. The van der Waals surface area contributed by atoms with Crippen LogP contribution in [0.5, 0.6) is 0 Å². The number of amides is 1. The van der Waals surface area contributed by atoms with Gasteiger partial charge < -0.3 is 10.2 Å². The summed E-state index contributed by atoms with van der Waals surface area (Å²) in [6.07, 6.45) is 2.24. The van der Waals surface area contributed by atoms with Crippen LogP contribution in [0.4, 0.5) is 10.2 Å². The molecule has 2 unspecified atom stereocenters. The lowest BCUT2D eigenvalue weighted by Gasteiger charge is -2.35. The number of likely N-dealkylation sites (tertiary alicyclic amines) is 1. The molecule has 1 aliphatic rings. The van der Waals surface area contributed by atoms with E-state index in [1.165, 1.54) is 6.07 Å². The summed E-state index contributed by atoms with van der Waals surface area (Å²) in [6.45, 7) is 5.73. The number of piperidine rings is 1. The van der Waals surface area contributed by atoms with Crippen LogP contribution in [0, 0.1) is 17.7 Å². The van der Waals surface area contributed by atoms with Gasteiger partial charge in [-0.15, -0.1) is 0 Å². The summed E-state index contributed by atoms with van der Waals surface area (Å²) in [5.74, 6) is 0.756. The maximum Gasteiger partial charge on any atom is 0.257 e. The summed E-state index contributed by atoms with van der Waals surface area (Å²) in [5, 5.41) is 2.84. The Morgan fingerprint density at radius 3 is 2.63 bits per heavy atom. The molecule has 0 bridgehead atoms. The Bertz CT molecular complexity index is 468. The van der Waals surface area contributed by atoms with Gasteiger partial charge in [0.15, 0.2) is 0 Å². The van der Waals surface area contributed by atoms with Crippen molar-refractivity contribution < 1.29 is 9.18 Å². The van der Waals surface area contributed by atoms with E-state index in [2.05, 4.69) is 24.1 Å². The summed E-state index contributed by atoms with van der Waals surface area (Å²) in [5.41, 5.74) is 0.309. The number of anilines is 1. The van der Waals surface area contributed by atoms with Gasteiger partial charge in [0.1, 0.15) is 11.6 Å². The Morgan fingerprint density at radius 1 is 1.42 bits per heavy atom. The van der Waals surface area contributed by atoms with Crippen molar-refractivity contribution in [3.05, 3.63) is 23.6 Å². The van der Waals surface area contributed by atoms with Crippen LogP contribution in [0.3, 0.4) is 0 Å². The summed E-state index contributed by atoms with van der Waals surface area (Å²) >= 11 is 0. The molecule has 0 aromatic carbocycles. The van der Waals surface area contributed by atoms with Crippen LogP contribution in [-0.2, 0) is 0 Å².